The Morgan fingerprint density at radius 2 is 1.40 bits per heavy atom. The molecular weight excluding hydrogens is 182 g/mol. The Balaban J connectivity index is 4.22. The van der Waals surface area contributed by atoms with E-state index >= 15 is 0 Å². The molecule has 0 spiro atoms. The fourth-order valence-corrected chi connectivity index (χ4v) is 2.36. The molecule has 0 aliphatic rings. The Morgan fingerprint density at radius 3 is 1.73 bits per heavy atom. The maximum atomic E-state index is 2.72. The van der Waals surface area contributed by atoms with Gasteiger partial charge < -0.3 is 4.90 Å². The normalized spacial score (nSPS) is 12.0. The molecule has 1 nitrogen and oxygen atoms in total. The third-order valence-electron chi connectivity index (χ3n) is 2.87. The molecule has 0 aromatic carbocycles. The SMILES string of the molecule is CCCC(CCC)N(CCC)CC(C)C. The monoisotopic (exact) mass is 213 g/mol. The predicted octanol–water partition coefficient (Wildman–Crippen LogP) is 4.32. The molecule has 0 bridgehead atoms. The number of hydrogen-bond donors (Lipinski definition) is 0. The minimum Gasteiger partial charge on any atom is -0.300 e. The molecule has 15 heavy (non-hydrogen) atoms. The molecule has 0 N–H and O–H groups in total. The Labute approximate surface area is 97.2 Å². The summed E-state index contributed by atoms with van der Waals surface area (Å²) in [7, 11) is 0. The lowest BCUT2D eigenvalue weighted by Gasteiger charge is -2.32. The molecule has 92 valence electrons. The molecule has 0 aliphatic carbocycles. The minimum absolute atomic E-state index is 0.799. The summed E-state index contributed by atoms with van der Waals surface area (Å²) in [6.07, 6.45) is 6.68. The van der Waals surface area contributed by atoms with Gasteiger partial charge in [0.15, 0.2) is 0 Å². The zero-order chi connectivity index (χ0) is 11.7. The van der Waals surface area contributed by atoms with Gasteiger partial charge in [-0.25, -0.2) is 0 Å². The van der Waals surface area contributed by atoms with E-state index in [9.17, 15) is 0 Å². The van der Waals surface area contributed by atoms with Gasteiger partial charge in [0.2, 0.25) is 0 Å². The Hall–Kier alpha value is -0.0400. The largest absolute Gasteiger partial charge is 0.300 e. The molecule has 0 saturated carbocycles. The number of hydrogen-bond acceptors (Lipinski definition) is 1. The molecule has 0 atom stereocenters. The first-order valence-electron chi connectivity index (χ1n) is 6.89. The van der Waals surface area contributed by atoms with Crippen LogP contribution < -0.4 is 0 Å². The lowest BCUT2D eigenvalue weighted by molar-refractivity contribution is 0.156. The molecule has 0 radical (unpaired) electrons. The lowest BCUT2D eigenvalue weighted by atomic mass is 10.0. The van der Waals surface area contributed by atoms with Crippen LogP contribution in [0.2, 0.25) is 0 Å². The minimum atomic E-state index is 0.799. The zero-order valence-electron chi connectivity index (χ0n) is 11.6. The van der Waals surface area contributed by atoms with Crippen molar-refractivity contribution < 1.29 is 0 Å². The summed E-state index contributed by atoms with van der Waals surface area (Å²) in [6.45, 7) is 14.1. The quantitative estimate of drug-likeness (QED) is 0.551. The van der Waals surface area contributed by atoms with Crippen molar-refractivity contribution in [3.8, 4) is 0 Å². The molecular formula is C14H31N. The standard InChI is InChI=1S/C14H31N/c1-6-9-14(10-7-2)15(11-8-3)12-13(4)5/h13-14H,6-12H2,1-5H3. The molecule has 0 amide bonds. The maximum Gasteiger partial charge on any atom is 0.00951 e. The summed E-state index contributed by atoms with van der Waals surface area (Å²) in [4.78, 5) is 2.72. The lowest BCUT2D eigenvalue weighted by Crippen LogP contribution is -2.38. The van der Waals surface area contributed by atoms with Gasteiger partial charge in [-0.1, -0.05) is 47.5 Å². The Bertz CT molecular complexity index is 125. The van der Waals surface area contributed by atoms with E-state index in [0.717, 1.165) is 12.0 Å². The molecule has 0 aromatic rings. The smallest absolute Gasteiger partial charge is 0.00951 e. The zero-order valence-corrected chi connectivity index (χ0v) is 11.6. The molecule has 0 fully saturated rings. The average molecular weight is 213 g/mol. The van der Waals surface area contributed by atoms with Crippen molar-refractivity contribution >= 4 is 0 Å². The van der Waals surface area contributed by atoms with Gasteiger partial charge >= 0.3 is 0 Å². The number of nitrogens with zero attached hydrogens (tertiary/aromatic N) is 1. The Morgan fingerprint density at radius 1 is 0.867 bits per heavy atom. The van der Waals surface area contributed by atoms with E-state index in [1.165, 1.54) is 45.2 Å². The first kappa shape index (κ1) is 15.0. The van der Waals surface area contributed by atoms with Crippen LogP contribution in [-0.2, 0) is 0 Å². The van der Waals surface area contributed by atoms with Crippen molar-refractivity contribution in [2.24, 2.45) is 5.92 Å². The molecule has 1 heteroatoms. The van der Waals surface area contributed by atoms with Crippen LogP contribution in [0.4, 0.5) is 0 Å². The van der Waals surface area contributed by atoms with E-state index in [2.05, 4.69) is 39.5 Å². The first-order valence-corrected chi connectivity index (χ1v) is 6.89. The van der Waals surface area contributed by atoms with E-state index in [0.29, 0.717) is 0 Å². The highest BCUT2D eigenvalue weighted by Gasteiger charge is 2.16. The summed E-state index contributed by atoms with van der Waals surface area (Å²) in [5, 5.41) is 0. The highest BCUT2D eigenvalue weighted by molar-refractivity contribution is 4.72. The highest BCUT2D eigenvalue weighted by Crippen LogP contribution is 2.15. The van der Waals surface area contributed by atoms with Crippen molar-refractivity contribution in [3.63, 3.8) is 0 Å². The van der Waals surface area contributed by atoms with Crippen LogP contribution in [0.15, 0.2) is 0 Å². The first-order chi connectivity index (χ1) is 7.15. The summed E-state index contributed by atoms with van der Waals surface area (Å²) in [5.41, 5.74) is 0. The van der Waals surface area contributed by atoms with Crippen LogP contribution in [-0.4, -0.2) is 24.0 Å². The number of rotatable bonds is 9. The van der Waals surface area contributed by atoms with Gasteiger partial charge in [0.25, 0.3) is 0 Å². The van der Waals surface area contributed by atoms with Crippen molar-refractivity contribution in [2.75, 3.05) is 13.1 Å². The summed E-state index contributed by atoms with van der Waals surface area (Å²) < 4.78 is 0. The van der Waals surface area contributed by atoms with Crippen molar-refractivity contribution in [1.29, 1.82) is 0 Å². The van der Waals surface area contributed by atoms with E-state index < -0.39 is 0 Å². The summed E-state index contributed by atoms with van der Waals surface area (Å²) in [5.74, 6) is 0.799. The second-order valence-electron chi connectivity index (χ2n) is 5.12. The fourth-order valence-electron chi connectivity index (χ4n) is 2.36. The van der Waals surface area contributed by atoms with Gasteiger partial charge in [0.1, 0.15) is 0 Å². The van der Waals surface area contributed by atoms with Crippen LogP contribution in [0.25, 0.3) is 0 Å². The maximum absolute atomic E-state index is 2.72. The van der Waals surface area contributed by atoms with Crippen molar-refractivity contribution in [1.82, 2.24) is 4.90 Å². The van der Waals surface area contributed by atoms with Crippen LogP contribution >= 0.6 is 0 Å². The van der Waals surface area contributed by atoms with Gasteiger partial charge in [-0.3, -0.25) is 0 Å². The van der Waals surface area contributed by atoms with E-state index in [1.54, 1.807) is 0 Å². The topological polar surface area (TPSA) is 3.24 Å². The molecule has 0 heterocycles. The Kier molecular flexibility index (Phi) is 9.18. The van der Waals surface area contributed by atoms with Gasteiger partial charge in [0.05, 0.1) is 0 Å². The van der Waals surface area contributed by atoms with Crippen LogP contribution in [0.5, 0.6) is 0 Å². The molecule has 0 aromatic heterocycles. The van der Waals surface area contributed by atoms with Crippen molar-refractivity contribution in [2.45, 2.75) is 72.8 Å². The predicted molar refractivity (Wildman–Crippen MR) is 70.3 cm³/mol. The molecule has 0 rings (SSSR count). The third kappa shape index (κ3) is 6.94. The molecule has 0 aliphatic heterocycles. The van der Waals surface area contributed by atoms with Crippen molar-refractivity contribution in [3.05, 3.63) is 0 Å². The molecule has 0 unspecified atom stereocenters. The van der Waals surface area contributed by atoms with Gasteiger partial charge in [0, 0.05) is 12.6 Å². The fraction of sp³-hybridized carbons (Fsp3) is 1.00. The van der Waals surface area contributed by atoms with E-state index in [1.807, 2.05) is 0 Å². The average Bonchev–Trinajstić information content (AvgIpc) is 2.16. The van der Waals surface area contributed by atoms with E-state index in [4.69, 9.17) is 0 Å². The van der Waals surface area contributed by atoms with Crippen LogP contribution in [0, 0.1) is 5.92 Å². The molecule has 0 saturated heterocycles. The van der Waals surface area contributed by atoms with Gasteiger partial charge in [-0.05, 0) is 31.7 Å². The third-order valence-corrected chi connectivity index (χ3v) is 2.87. The van der Waals surface area contributed by atoms with Gasteiger partial charge in [-0.15, -0.1) is 0 Å². The summed E-state index contributed by atoms with van der Waals surface area (Å²) in [6, 6.07) is 0.836. The van der Waals surface area contributed by atoms with E-state index in [-0.39, 0.29) is 0 Å². The second kappa shape index (κ2) is 9.21. The highest BCUT2D eigenvalue weighted by atomic mass is 15.1. The summed E-state index contributed by atoms with van der Waals surface area (Å²) >= 11 is 0. The van der Waals surface area contributed by atoms with Gasteiger partial charge in [-0.2, -0.15) is 0 Å². The van der Waals surface area contributed by atoms with Crippen LogP contribution in [0.1, 0.15) is 66.7 Å². The second-order valence-corrected chi connectivity index (χ2v) is 5.12. The van der Waals surface area contributed by atoms with Crippen LogP contribution in [0.3, 0.4) is 0 Å².